The van der Waals surface area contributed by atoms with E-state index in [1.807, 2.05) is 38.1 Å². The van der Waals surface area contributed by atoms with Crippen LogP contribution in [0.3, 0.4) is 0 Å². The summed E-state index contributed by atoms with van der Waals surface area (Å²) >= 11 is 0. The molecule has 5 heteroatoms. The van der Waals surface area contributed by atoms with Crippen molar-refractivity contribution in [2.75, 3.05) is 0 Å². The lowest BCUT2D eigenvalue weighted by Crippen LogP contribution is -2.24. The van der Waals surface area contributed by atoms with Gasteiger partial charge < -0.3 is 4.74 Å². The zero-order valence-electron chi connectivity index (χ0n) is 21.0. The molecule has 1 saturated carbocycles. The molecular formula is C31H33F3O2. The van der Waals surface area contributed by atoms with Crippen molar-refractivity contribution in [2.45, 2.75) is 77.2 Å². The molecule has 0 aromatic heterocycles. The Morgan fingerprint density at radius 3 is 2.25 bits per heavy atom. The van der Waals surface area contributed by atoms with E-state index >= 15 is 4.39 Å². The third-order valence-corrected chi connectivity index (χ3v) is 7.26. The fourth-order valence-corrected chi connectivity index (χ4v) is 4.98. The second-order valence-corrected chi connectivity index (χ2v) is 9.67. The maximum atomic E-state index is 15.1. The molecule has 0 saturated heterocycles. The molecule has 0 spiro atoms. The van der Waals surface area contributed by atoms with Crippen molar-refractivity contribution in [1.82, 2.24) is 0 Å². The van der Waals surface area contributed by atoms with E-state index in [4.69, 9.17) is 4.74 Å². The van der Waals surface area contributed by atoms with E-state index < -0.39 is 17.6 Å². The van der Waals surface area contributed by atoms with Gasteiger partial charge in [0.2, 0.25) is 0 Å². The summed E-state index contributed by atoms with van der Waals surface area (Å²) in [6.45, 7) is 4.09. The average molecular weight is 495 g/mol. The van der Waals surface area contributed by atoms with Crippen LogP contribution in [0.25, 0.3) is 11.1 Å². The van der Waals surface area contributed by atoms with Crippen LogP contribution in [0.2, 0.25) is 0 Å². The fourth-order valence-electron chi connectivity index (χ4n) is 4.98. The van der Waals surface area contributed by atoms with Gasteiger partial charge in [-0.15, -0.1) is 0 Å². The zero-order chi connectivity index (χ0) is 25.7. The van der Waals surface area contributed by atoms with Crippen LogP contribution in [0.1, 0.15) is 85.3 Å². The second kappa shape index (κ2) is 11.8. The summed E-state index contributed by atoms with van der Waals surface area (Å²) in [4.78, 5) is 12.6. The standard InChI is InChI=1S/C31H33F3O2/c1-3-5-6-23-11-12-24(19-28(23)32)31(35)36-25-15-13-22(14-16-25)27-18-17-26(29(33)30(27)34)21-9-7-20(4-2)8-10-21/h7-12,17-19,22,25H,3-6,13-16H2,1-2H3. The number of halogens is 3. The average Bonchev–Trinajstić information content (AvgIpc) is 2.90. The number of esters is 1. The van der Waals surface area contributed by atoms with Crippen molar-refractivity contribution < 1.29 is 22.7 Å². The van der Waals surface area contributed by atoms with Crippen molar-refractivity contribution >= 4 is 5.97 Å². The summed E-state index contributed by atoms with van der Waals surface area (Å²) in [5.41, 5.74) is 3.23. The van der Waals surface area contributed by atoms with E-state index in [2.05, 4.69) is 0 Å². The minimum Gasteiger partial charge on any atom is -0.459 e. The molecule has 1 aliphatic carbocycles. The van der Waals surface area contributed by atoms with Gasteiger partial charge in [0, 0.05) is 5.56 Å². The molecule has 4 rings (SSSR count). The molecule has 0 heterocycles. The normalized spacial score (nSPS) is 17.7. The van der Waals surface area contributed by atoms with Gasteiger partial charge in [0.1, 0.15) is 11.9 Å². The van der Waals surface area contributed by atoms with Gasteiger partial charge in [0.25, 0.3) is 0 Å². The summed E-state index contributed by atoms with van der Waals surface area (Å²) in [5, 5.41) is 0. The molecule has 3 aromatic carbocycles. The van der Waals surface area contributed by atoms with Crippen LogP contribution in [-0.4, -0.2) is 12.1 Å². The predicted octanol–water partition coefficient (Wildman–Crippen LogP) is 8.56. The number of unbranched alkanes of at least 4 members (excludes halogenated alkanes) is 1. The van der Waals surface area contributed by atoms with Crippen molar-refractivity contribution in [3.63, 3.8) is 0 Å². The number of hydrogen-bond acceptors (Lipinski definition) is 2. The van der Waals surface area contributed by atoms with Crippen LogP contribution in [0.5, 0.6) is 0 Å². The molecule has 190 valence electrons. The maximum absolute atomic E-state index is 15.1. The quantitative estimate of drug-likeness (QED) is 0.293. The largest absolute Gasteiger partial charge is 0.459 e. The van der Waals surface area contributed by atoms with Crippen molar-refractivity contribution in [2.24, 2.45) is 0 Å². The Bertz CT molecular complexity index is 1200. The molecule has 0 amide bonds. The maximum Gasteiger partial charge on any atom is 0.338 e. The molecule has 0 unspecified atom stereocenters. The van der Waals surface area contributed by atoms with Crippen LogP contribution in [0.15, 0.2) is 54.6 Å². The molecule has 0 bridgehead atoms. The number of benzene rings is 3. The molecule has 2 nitrogen and oxygen atoms in total. The topological polar surface area (TPSA) is 26.3 Å². The highest BCUT2D eigenvalue weighted by Crippen LogP contribution is 2.38. The monoisotopic (exact) mass is 494 g/mol. The lowest BCUT2D eigenvalue weighted by atomic mass is 9.82. The second-order valence-electron chi connectivity index (χ2n) is 9.67. The van der Waals surface area contributed by atoms with Crippen molar-refractivity contribution in [1.29, 1.82) is 0 Å². The van der Waals surface area contributed by atoms with Gasteiger partial charge in [-0.3, -0.25) is 0 Å². The minimum atomic E-state index is -0.824. The Balaban J connectivity index is 1.37. The van der Waals surface area contributed by atoms with Gasteiger partial charge >= 0.3 is 5.97 Å². The summed E-state index contributed by atoms with van der Waals surface area (Å²) in [6, 6.07) is 15.3. The lowest BCUT2D eigenvalue weighted by Gasteiger charge is -2.29. The van der Waals surface area contributed by atoms with Crippen LogP contribution < -0.4 is 0 Å². The summed E-state index contributed by atoms with van der Waals surface area (Å²) in [7, 11) is 0. The van der Waals surface area contributed by atoms with Gasteiger partial charge in [-0.2, -0.15) is 0 Å². The number of ether oxygens (including phenoxy) is 1. The molecule has 1 aliphatic rings. The molecule has 36 heavy (non-hydrogen) atoms. The lowest BCUT2D eigenvalue weighted by molar-refractivity contribution is 0.0193. The number of rotatable bonds is 8. The SMILES string of the molecule is CCCCc1ccc(C(=O)OC2CCC(c3ccc(-c4ccc(CC)cc4)c(F)c3F)CC2)cc1F. The molecular weight excluding hydrogens is 461 g/mol. The van der Waals surface area contributed by atoms with Crippen molar-refractivity contribution in [3.8, 4) is 11.1 Å². The summed E-state index contributed by atoms with van der Waals surface area (Å²) in [5.74, 6) is -2.69. The molecule has 3 aromatic rings. The Labute approximate surface area is 211 Å². The third-order valence-electron chi connectivity index (χ3n) is 7.26. The van der Waals surface area contributed by atoms with E-state index in [-0.39, 0.29) is 29.0 Å². The van der Waals surface area contributed by atoms with Gasteiger partial charge in [-0.25, -0.2) is 18.0 Å². The van der Waals surface area contributed by atoms with Gasteiger partial charge in [0.15, 0.2) is 11.6 Å². The molecule has 0 N–H and O–H groups in total. The van der Waals surface area contributed by atoms with E-state index in [0.717, 1.165) is 24.8 Å². The Morgan fingerprint density at radius 1 is 0.889 bits per heavy atom. The number of hydrogen-bond donors (Lipinski definition) is 0. The molecule has 0 radical (unpaired) electrons. The first-order chi connectivity index (χ1) is 17.4. The molecule has 0 atom stereocenters. The van der Waals surface area contributed by atoms with Gasteiger partial charge in [0.05, 0.1) is 5.56 Å². The predicted molar refractivity (Wildman–Crippen MR) is 137 cm³/mol. The fraction of sp³-hybridized carbons (Fsp3) is 0.387. The van der Waals surface area contributed by atoms with Crippen LogP contribution in [-0.2, 0) is 17.6 Å². The van der Waals surface area contributed by atoms with Crippen molar-refractivity contribution in [3.05, 3.63) is 94.3 Å². The third kappa shape index (κ3) is 5.83. The van der Waals surface area contributed by atoms with E-state index in [0.29, 0.717) is 48.8 Å². The Kier molecular flexibility index (Phi) is 8.50. The first kappa shape index (κ1) is 26.0. The first-order valence-electron chi connectivity index (χ1n) is 13.0. The van der Waals surface area contributed by atoms with Crippen LogP contribution >= 0.6 is 0 Å². The smallest absolute Gasteiger partial charge is 0.338 e. The highest BCUT2D eigenvalue weighted by Gasteiger charge is 2.28. The first-order valence-corrected chi connectivity index (χ1v) is 13.0. The number of carbonyl (C=O) groups is 1. The number of aryl methyl sites for hydroxylation is 2. The van der Waals surface area contributed by atoms with Gasteiger partial charge in [-0.1, -0.05) is 62.7 Å². The van der Waals surface area contributed by atoms with Gasteiger partial charge in [-0.05, 0) is 85.3 Å². The minimum absolute atomic E-state index is 0.138. The van der Waals surface area contributed by atoms with E-state index in [1.54, 1.807) is 24.3 Å². The van der Waals surface area contributed by atoms with E-state index in [1.165, 1.54) is 6.07 Å². The Hall–Kier alpha value is -3.08. The van der Waals surface area contributed by atoms with Crippen LogP contribution in [0.4, 0.5) is 13.2 Å². The molecule has 1 fully saturated rings. The Morgan fingerprint density at radius 2 is 1.61 bits per heavy atom. The van der Waals surface area contributed by atoms with Crippen LogP contribution in [0, 0.1) is 17.5 Å². The zero-order valence-corrected chi connectivity index (χ0v) is 21.0. The highest BCUT2D eigenvalue weighted by molar-refractivity contribution is 5.89. The number of carbonyl (C=O) groups excluding carboxylic acids is 1. The molecule has 0 aliphatic heterocycles. The summed E-state index contributed by atoms with van der Waals surface area (Å²) < 4.78 is 50.0. The van der Waals surface area contributed by atoms with E-state index in [9.17, 15) is 13.6 Å². The highest BCUT2D eigenvalue weighted by atomic mass is 19.2. The summed E-state index contributed by atoms with van der Waals surface area (Å²) in [6.07, 6.45) is 5.35.